The molecule has 24 heavy (non-hydrogen) atoms. The van der Waals surface area contributed by atoms with Crippen LogP contribution in [-0.2, 0) is 11.3 Å². The normalized spacial score (nSPS) is 11.3. The Balaban J connectivity index is 0.00000529. The van der Waals surface area contributed by atoms with Gasteiger partial charge in [-0.2, -0.15) is 0 Å². The van der Waals surface area contributed by atoms with Gasteiger partial charge in [0.1, 0.15) is 6.04 Å². The highest BCUT2D eigenvalue weighted by molar-refractivity contribution is 5.87. The second kappa shape index (κ2) is 12.6. The number of halogens is 1. The summed E-state index contributed by atoms with van der Waals surface area (Å²) in [4.78, 5) is 24.2. The second-order valence-corrected chi connectivity index (χ2v) is 5.78. The van der Waals surface area contributed by atoms with E-state index in [1.807, 2.05) is 51.2 Å². The second-order valence-electron chi connectivity index (χ2n) is 5.78. The van der Waals surface area contributed by atoms with Crippen LogP contribution in [0.3, 0.4) is 0 Å². The maximum atomic E-state index is 12.2. The first-order chi connectivity index (χ1) is 11.0. The highest BCUT2D eigenvalue weighted by Crippen LogP contribution is 2.02. The van der Waals surface area contributed by atoms with E-state index < -0.39 is 6.04 Å². The highest BCUT2D eigenvalue weighted by atomic mass is 35.5. The molecule has 7 heteroatoms. The Morgan fingerprint density at radius 1 is 1.04 bits per heavy atom. The summed E-state index contributed by atoms with van der Waals surface area (Å²) >= 11 is 0. The van der Waals surface area contributed by atoms with Crippen molar-refractivity contribution in [2.75, 3.05) is 20.1 Å². The number of carbonyl (C=O) groups excluding carboxylic acids is 2. The lowest BCUT2D eigenvalue weighted by Gasteiger charge is -2.22. The predicted molar refractivity (Wildman–Crippen MR) is 99.2 cm³/mol. The lowest BCUT2D eigenvalue weighted by molar-refractivity contribution is -0.123. The Morgan fingerprint density at radius 3 is 2.29 bits per heavy atom. The average molecular weight is 357 g/mol. The molecule has 0 saturated carbocycles. The van der Waals surface area contributed by atoms with Crippen molar-refractivity contribution in [1.82, 2.24) is 21.3 Å². The SMILES string of the molecule is CNCCCNC(=O)C(NC(=O)NCc1ccccc1)C(C)C.Cl. The molecular weight excluding hydrogens is 328 g/mol. The zero-order valence-electron chi connectivity index (χ0n) is 14.6. The van der Waals surface area contributed by atoms with Gasteiger partial charge < -0.3 is 21.3 Å². The Morgan fingerprint density at radius 2 is 1.71 bits per heavy atom. The van der Waals surface area contributed by atoms with Gasteiger partial charge in [-0.05, 0) is 31.5 Å². The van der Waals surface area contributed by atoms with Crippen LogP contribution in [0.25, 0.3) is 0 Å². The zero-order valence-corrected chi connectivity index (χ0v) is 15.4. The number of hydrogen-bond donors (Lipinski definition) is 4. The van der Waals surface area contributed by atoms with Crippen molar-refractivity contribution in [3.05, 3.63) is 35.9 Å². The van der Waals surface area contributed by atoms with Crippen LogP contribution < -0.4 is 21.3 Å². The molecule has 0 fully saturated rings. The molecule has 0 aliphatic rings. The Labute approximate surface area is 150 Å². The van der Waals surface area contributed by atoms with Crippen LogP contribution in [0.15, 0.2) is 30.3 Å². The molecule has 3 amide bonds. The summed E-state index contributed by atoms with van der Waals surface area (Å²) in [5, 5.41) is 11.4. The van der Waals surface area contributed by atoms with Crippen LogP contribution in [-0.4, -0.2) is 38.1 Å². The first kappa shape index (κ1) is 22.2. The summed E-state index contributed by atoms with van der Waals surface area (Å²) in [5.41, 5.74) is 1.01. The summed E-state index contributed by atoms with van der Waals surface area (Å²) in [6.07, 6.45) is 0.854. The molecule has 6 nitrogen and oxygen atoms in total. The van der Waals surface area contributed by atoms with Crippen LogP contribution in [0, 0.1) is 5.92 Å². The molecule has 0 aliphatic heterocycles. The molecule has 1 aromatic carbocycles. The van der Waals surface area contributed by atoms with E-state index in [4.69, 9.17) is 0 Å². The minimum Gasteiger partial charge on any atom is -0.354 e. The molecule has 1 atom stereocenters. The molecule has 1 aromatic rings. The summed E-state index contributed by atoms with van der Waals surface area (Å²) in [6.45, 7) is 5.69. The summed E-state index contributed by atoms with van der Waals surface area (Å²) in [7, 11) is 1.87. The summed E-state index contributed by atoms with van der Waals surface area (Å²) in [6, 6.07) is 8.77. The van der Waals surface area contributed by atoms with E-state index in [-0.39, 0.29) is 30.3 Å². The number of nitrogens with one attached hydrogen (secondary N) is 4. The summed E-state index contributed by atoms with van der Waals surface area (Å²) in [5.74, 6) is -0.132. The largest absolute Gasteiger partial charge is 0.354 e. The average Bonchev–Trinajstić information content (AvgIpc) is 2.55. The number of amides is 3. The van der Waals surface area contributed by atoms with Crippen molar-refractivity contribution in [2.24, 2.45) is 5.92 Å². The monoisotopic (exact) mass is 356 g/mol. The van der Waals surface area contributed by atoms with Gasteiger partial charge in [0, 0.05) is 13.1 Å². The van der Waals surface area contributed by atoms with Crippen LogP contribution in [0.5, 0.6) is 0 Å². The van der Waals surface area contributed by atoms with Crippen molar-refractivity contribution in [1.29, 1.82) is 0 Å². The number of urea groups is 1. The lowest BCUT2D eigenvalue weighted by Crippen LogP contribution is -2.52. The topological polar surface area (TPSA) is 82.3 Å². The number of hydrogen-bond acceptors (Lipinski definition) is 3. The molecule has 4 N–H and O–H groups in total. The first-order valence-electron chi connectivity index (χ1n) is 8.05. The molecule has 0 spiro atoms. The molecular formula is C17H29ClN4O2. The fraction of sp³-hybridized carbons (Fsp3) is 0.529. The van der Waals surface area contributed by atoms with Gasteiger partial charge >= 0.3 is 6.03 Å². The smallest absolute Gasteiger partial charge is 0.315 e. The third-order valence-corrected chi connectivity index (χ3v) is 3.43. The van der Waals surface area contributed by atoms with Gasteiger partial charge in [0.05, 0.1) is 0 Å². The molecule has 0 radical (unpaired) electrons. The van der Waals surface area contributed by atoms with E-state index in [1.54, 1.807) is 0 Å². The van der Waals surface area contributed by atoms with Crippen LogP contribution in [0.2, 0.25) is 0 Å². The maximum Gasteiger partial charge on any atom is 0.315 e. The zero-order chi connectivity index (χ0) is 17.1. The minimum atomic E-state index is -0.541. The number of rotatable bonds is 9. The van der Waals surface area contributed by atoms with Gasteiger partial charge in [-0.15, -0.1) is 12.4 Å². The molecule has 1 rings (SSSR count). The standard InChI is InChI=1S/C17H28N4O2.ClH/c1-13(2)15(16(22)19-11-7-10-18-3)21-17(23)20-12-14-8-5-4-6-9-14;/h4-6,8-9,13,15,18H,7,10-12H2,1-3H3,(H,19,22)(H2,20,21,23);1H. The Kier molecular flexibility index (Phi) is 11.7. The minimum absolute atomic E-state index is 0. The van der Waals surface area contributed by atoms with Crippen molar-refractivity contribution >= 4 is 24.3 Å². The molecule has 1 unspecified atom stereocenters. The van der Waals surface area contributed by atoms with E-state index >= 15 is 0 Å². The fourth-order valence-corrected chi connectivity index (χ4v) is 2.09. The predicted octanol–water partition coefficient (Wildman–Crippen LogP) is 1.66. The molecule has 136 valence electrons. The van der Waals surface area contributed by atoms with Gasteiger partial charge in [0.25, 0.3) is 0 Å². The van der Waals surface area contributed by atoms with Crippen molar-refractivity contribution in [2.45, 2.75) is 32.9 Å². The van der Waals surface area contributed by atoms with E-state index in [1.165, 1.54) is 0 Å². The third kappa shape index (κ3) is 8.74. The summed E-state index contributed by atoms with van der Waals surface area (Å²) < 4.78 is 0. The van der Waals surface area contributed by atoms with Gasteiger partial charge in [-0.1, -0.05) is 44.2 Å². The van der Waals surface area contributed by atoms with Gasteiger partial charge in [-0.25, -0.2) is 4.79 Å². The Bertz CT molecular complexity index is 483. The maximum absolute atomic E-state index is 12.2. The molecule has 0 aromatic heterocycles. The molecule has 0 heterocycles. The number of carbonyl (C=O) groups is 2. The van der Waals surface area contributed by atoms with Crippen molar-refractivity contribution in [3.63, 3.8) is 0 Å². The fourth-order valence-electron chi connectivity index (χ4n) is 2.09. The third-order valence-electron chi connectivity index (χ3n) is 3.43. The van der Waals surface area contributed by atoms with Gasteiger partial charge in [0.2, 0.25) is 5.91 Å². The quantitative estimate of drug-likeness (QED) is 0.508. The molecule has 0 bridgehead atoms. The van der Waals surface area contributed by atoms with Crippen LogP contribution in [0.1, 0.15) is 25.8 Å². The van der Waals surface area contributed by atoms with E-state index in [9.17, 15) is 9.59 Å². The number of benzene rings is 1. The van der Waals surface area contributed by atoms with Crippen molar-refractivity contribution in [3.8, 4) is 0 Å². The van der Waals surface area contributed by atoms with Gasteiger partial charge in [-0.3, -0.25) is 4.79 Å². The van der Waals surface area contributed by atoms with E-state index in [0.29, 0.717) is 13.1 Å². The Hall–Kier alpha value is -1.79. The van der Waals surface area contributed by atoms with E-state index in [0.717, 1.165) is 18.5 Å². The highest BCUT2D eigenvalue weighted by Gasteiger charge is 2.23. The lowest BCUT2D eigenvalue weighted by atomic mass is 10.0. The van der Waals surface area contributed by atoms with Gasteiger partial charge in [0.15, 0.2) is 0 Å². The van der Waals surface area contributed by atoms with Crippen LogP contribution in [0.4, 0.5) is 4.79 Å². The van der Waals surface area contributed by atoms with E-state index in [2.05, 4.69) is 21.3 Å². The van der Waals surface area contributed by atoms with Crippen molar-refractivity contribution < 1.29 is 9.59 Å². The molecule has 0 aliphatic carbocycles. The first-order valence-corrected chi connectivity index (χ1v) is 8.05. The molecule has 0 saturated heterocycles. The van der Waals surface area contributed by atoms with Crippen LogP contribution >= 0.6 is 12.4 Å².